The number of hydrogen-bond acceptors (Lipinski definition) is 3. The number of aromatic hydroxyl groups is 1. The molecule has 13 heavy (non-hydrogen) atoms. The molecule has 3 nitrogen and oxygen atoms in total. The van der Waals surface area contributed by atoms with E-state index in [-0.39, 0.29) is 5.75 Å². The highest BCUT2D eigenvalue weighted by Crippen LogP contribution is 2.28. The third-order valence-electron chi connectivity index (χ3n) is 1.89. The van der Waals surface area contributed by atoms with Crippen molar-refractivity contribution in [2.24, 2.45) is 0 Å². The number of benzene rings is 1. The van der Waals surface area contributed by atoms with Gasteiger partial charge >= 0.3 is 0 Å². The van der Waals surface area contributed by atoms with E-state index >= 15 is 0 Å². The highest BCUT2D eigenvalue weighted by Gasteiger charge is 2.05. The van der Waals surface area contributed by atoms with Gasteiger partial charge in [-0.05, 0) is 42.0 Å². The van der Waals surface area contributed by atoms with Crippen molar-refractivity contribution in [2.45, 2.75) is 13.5 Å². The van der Waals surface area contributed by atoms with E-state index < -0.39 is 0 Å². The zero-order chi connectivity index (χ0) is 9.84. The lowest BCUT2D eigenvalue weighted by Crippen LogP contribution is -2.01. The lowest BCUT2D eigenvalue weighted by molar-refractivity contribution is 0.372. The molecule has 0 spiro atoms. The van der Waals surface area contributed by atoms with Crippen LogP contribution in [0.25, 0.3) is 0 Å². The maximum absolute atomic E-state index is 9.41. The van der Waals surface area contributed by atoms with Crippen molar-refractivity contribution in [3.8, 4) is 11.5 Å². The number of halogens is 1. The van der Waals surface area contributed by atoms with E-state index in [4.69, 9.17) is 16.5 Å². The van der Waals surface area contributed by atoms with Crippen molar-refractivity contribution >= 4 is 11.8 Å². The Morgan fingerprint density at radius 3 is 2.77 bits per heavy atom. The van der Waals surface area contributed by atoms with Crippen LogP contribution in [-0.2, 0) is 6.54 Å². The normalized spacial score (nSPS) is 10.1. The van der Waals surface area contributed by atoms with Gasteiger partial charge in [0.25, 0.3) is 0 Å². The molecule has 0 saturated carbocycles. The Labute approximate surface area is 82.4 Å². The van der Waals surface area contributed by atoms with Gasteiger partial charge in [0.05, 0.1) is 7.11 Å². The highest BCUT2D eigenvalue weighted by atomic mass is 35.5. The van der Waals surface area contributed by atoms with Gasteiger partial charge < -0.3 is 9.84 Å². The second-order valence-electron chi connectivity index (χ2n) is 2.76. The fraction of sp³-hybridized carbons (Fsp3) is 0.333. The molecule has 1 aromatic carbocycles. The number of phenols is 1. The van der Waals surface area contributed by atoms with Gasteiger partial charge in [0.2, 0.25) is 0 Å². The molecule has 72 valence electrons. The summed E-state index contributed by atoms with van der Waals surface area (Å²) in [5.41, 5.74) is 1.98. The van der Waals surface area contributed by atoms with Crippen LogP contribution in [-0.4, -0.2) is 12.2 Å². The molecule has 1 aromatic rings. The predicted octanol–water partition coefficient (Wildman–Crippen LogP) is 1.95. The fourth-order valence-electron chi connectivity index (χ4n) is 1.14. The van der Waals surface area contributed by atoms with Crippen LogP contribution in [0.2, 0.25) is 0 Å². The minimum atomic E-state index is 0.151. The number of phenolic OH excluding ortho intramolecular Hbond substituents is 1. The zero-order valence-electron chi connectivity index (χ0n) is 7.60. The second kappa shape index (κ2) is 4.35. The summed E-state index contributed by atoms with van der Waals surface area (Å²) in [7, 11) is 1.52. The molecular formula is C9H12ClNO2. The van der Waals surface area contributed by atoms with Crippen LogP contribution in [0, 0.1) is 6.92 Å². The smallest absolute Gasteiger partial charge is 0.160 e. The SMILES string of the molecule is COc1cc(CNCl)c(C)cc1O. The van der Waals surface area contributed by atoms with Crippen LogP contribution >= 0.6 is 11.8 Å². The second-order valence-corrected chi connectivity index (χ2v) is 3.03. The largest absolute Gasteiger partial charge is 0.504 e. The molecular weight excluding hydrogens is 190 g/mol. The summed E-state index contributed by atoms with van der Waals surface area (Å²) in [5, 5.41) is 9.41. The molecule has 0 heterocycles. The van der Waals surface area contributed by atoms with Crippen molar-refractivity contribution in [3.63, 3.8) is 0 Å². The number of hydrogen-bond donors (Lipinski definition) is 2. The van der Waals surface area contributed by atoms with E-state index in [1.165, 1.54) is 7.11 Å². The molecule has 0 saturated heterocycles. The maximum Gasteiger partial charge on any atom is 0.160 e. The summed E-state index contributed by atoms with van der Waals surface area (Å²) in [4.78, 5) is 2.53. The number of methoxy groups -OCH3 is 1. The predicted molar refractivity (Wildman–Crippen MR) is 52.1 cm³/mol. The van der Waals surface area contributed by atoms with Gasteiger partial charge in [-0.3, -0.25) is 0 Å². The van der Waals surface area contributed by atoms with Gasteiger partial charge in [0.15, 0.2) is 11.5 Å². The number of ether oxygens (including phenoxy) is 1. The first kappa shape index (κ1) is 10.2. The Bertz CT molecular complexity index is 302. The van der Waals surface area contributed by atoms with Gasteiger partial charge in [-0.25, -0.2) is 4.84 Å². The van der Waals surface area contributed by atoms with Crippen LogP contribution in [0.4, 0.5) is 0 Å². The van der Waals surface area contributed by atoms with E-state index in [0.717, 1.165) is 11.1 Å². The molecule has 0 aliphatic carbocycles. The Morgan fingerprint density at radius 1 is 1.54 bits per heavy atom. The molecule has 0 atom stereocenters. The highest BCUT2D eigenvalue weighted by molar-refractivity contribution is 6.13. The Balaban J connectivity index is 3.06. The summed E-state index contributed by atoms with van der Waals surface area (Å²) in [6.07, 6.45) is 0. The lowest BCUT2D eigenvalue weighted by Gasteiger charge is -2.08. The summed E-state index contributed by atoms with van der Waals surface area (Å²) in [5.74, 6) is 0.617. The van der Waals surface area contributed by atoms with Crippen LogP contribution in [0.5, 0.6) is 11.5 Å². The van der Waals surface area contributed by atoms with Gasteiger partial charge in [-0.1, -0.05) is 0 Å². The third-order valence-corrected chi connectivity index (χ3v) is 2.03. The van der Waals surface area contributed by atoms with Crippen LogP contribution in [0.15, 0.2) is 12.1 Å². The average Bonchev–Trinajstić information content (AvgIpc) is 2.10. The maximum atomic E-state index is 9.41. The molecule has 0 amide bonds. The fourth-order valence-corrected chi connectivity index (χ4v) is 1.28. The molecule has 0 bridgehead atoms. The first-order valence-electron chi connectivity index (χ1n) is 3.89. The van der Waals surface area contributed by atoms with Crippen molar-refractivity contribution in [3.05, 3.63) is 23.3 Å². The Morgan fingerprint density at radius 2 is 2.23 bits per heavy atom. The van der Waals surface area contributed by atoms with Gasteiger partial charge in [0, 0.05) is 6.54 Å². The van der Waals surface area contributed by atoms with Crippen LogP contribution < -0.4 is 9.57 Å². The van der Waals surface area contributed by atoms with Gasteiger partial charge in [-0.2, -0.15) is 0 Å². The standard InChI is InChI=1S/C9H12ClNO2/c1-6-3-8(12)9(13-2)4-7(6)5-11-10/h3-4,11-12H,5H2,1-2H3. The number of rotatable bonds is 3. The lowest BCUT2D eigenvalue weighted by atomic mass is 10.1. The van der Waals surface area contributed by atoms with E-state index in [2.05, 4.69) is 4.84 Å². The minimum absolute atomic E-state index is 0.151. The first-order valence-corrected chi connectivity index (χ1v) is 4.26. The van der Waals surface area contributed by atoms with Crippen LogP contribution in [0.1, 0.15) is 11.1 Å². The Kier molecular flexibility index (Phi) is 3.39. The molecule has 0 fully saturated rings. The zero-order valence-corrected chi connectivity index (χ0v) is 8.35. The molecule has 4 heteroatoms. The van der Waals surface area contributed by atoms with Crippen molar-refractivity contribution in [1.29, 1.82) is 0 Å². The molecule has 0 aliphatic rings. The van der Waals surface area contributed by atoms with E-state index in [1.54, 1.807) is 12.1 Å². The van der Waals surface area contributed by atoms with Gasteiger partial charge in [-0.15, -0.1) is 0 Å². The average molecular weight is 202 g/mol. The van der Waals surface area contributed by atoms with Crippen molar-refractivity contribution < 1.29 is 9.84 Å². The monoisotopic (exact) mass is 201 g/mol. The summed E-state index contributed by atoms with van der Waals surface area (Å²) < 4.78 is 4.97. The van der Waals surface area contributed by atoms with Crippen molar-refractivity contribution in [1.82, 2.24) is 4.84 Å². The molecule has 1 rings (SSSR count). The summed E-state index contributed by atoms with van der Waals surface area (Å²) in [6.45, 7) is 2.45. The molecule has 2 N–H and O–H groups in total. The number of aryl methyl sites for hydroxylation is 1. The number of nitrogens with one attached hydrogen (secondary N) is 1. The van der Waals surface area contributed by atoms with Crippen LogP contribution in [0.3, 0.4) is 0 Å². The summed E-state index contributed by atoms with van der Waals surface area (Å²) in [6, 6.07) is 3.42. The summed E-state index contributed by atoms with van der Waals surface area (Å²) >= 11 is 5.39. The molecule has 0 unspecified atom stereocenters. The van der Waals surface area contributed by atoms with E-state index in [1.807, 2.05) is 6.92 Å². The van der Waals surface area contributed by atoms with Gasteiger partial charge in [0.1, 0.15) is 0 Å². The third kappa shape index (κ3) is 2.26. The van der Waals surface area contributed by atoms with Crippen molar-refractivity contribution in [2.75, 3.05) is 7.11 Å². The van der Waals surface area contributed by atoms with E-state index in [0.29, 0.717) is 12.3 Å². The minimum Gasteiger partial charge on any atom is -0.504 e. The molecule has 0 aromatic heterocycles. The quantitative estimate of drug-likeness (QED) is 0.735. The Hall–Kier alpha value is -0.930. The topological polar surface area (TPSA) is 41.5 Å². The molecule has 0 aliphatic heterocycles. The van der Waals surface area contributed by atoms with E-state index in [9.17, 15) is 5.11 Å². The first-order chi connectivity index (χ1) is 6.19. The molecule has 0 radical (unpaired) electrons.